The number of ether oxygens (including phenoxy) is 1. The molecule has 3 heterocycles. The first-order valence-electron chi connectivity index (χ1n) is 14.6. The van der Waals surface area contributed by atoms with Gasteiger partial charge in [0.05, 0.1) is 45.6 Å². The van der Waals surface area contributed by atoms with E-state index in [2.05, 4.69) is 46.8 Å². The molecule has 41 heavy (non-hydrogen) atoms. The van der Waals surface area contributed by atoms with Gasteiger partial charge in [0.25, 0.3) is 0 Å². The number of benzene rings is 2. The minimum Gasteiger partial charge on any atom is -0.478 e. The number of aryl methyl sites for hydroxylation is 2. The Morgan fingerprint density at radius 2 is 1.83 bits per heavy atom. The maximum atomic E-state index is 12.3. The van der Waals surface area contributed by atoms with E-state index in [1.807, 2.05) is 26.0 Å². The maximum absolute atomic E-state index is 12.3. The summed E-state index contributed by atoms with van der Waals surface area (Å²) in [4.78, 5) is 25.3. The Labute approximate surface area is 245 Å². The largest absolute Gasteiger partial charge is 0.478 e. The second-order valence-electron chi connectivity index (χ2n) is 11.3. The van der Waals surface area contributed by atoms with Gasteiger partial charge in [0, 0.05) is 30.6 Å². The van der Waals surface area contributed by atoms with Gasteiger partial charge < -0.3 is 14.7 Å². The summed E-state index contributed by atoms with van der Waals surface area (Å²) in [6.07, 6.45) is 6.39. The van der Waals surface area contributed by atoms with Crippen molar-refractivity contribution >= 4 is 28.2 Å². The highest BCUT2D eigenvalue weighted by Gasteiger charge is 2.25. The molecule has 0 spiro atoms. The van der Waals surface area contributed by atoms with Crippen molar-refractivity contribution in [2.45, 2.75) is 58.3 Å². The summed E-state index contributed by atoms with van der Waals surface area (Å²) in [5.41, 5.74) is 8.74. The molecule has 2 aliphatic rings. The molecule has 212 valence electrons. The summed E-state index contributed by atoms with van der Waals surface area (Å²) in [6, 6.07) is 14.5. The summed E-state index contributed by atoms with van der Waals surface area (Å²) in [6.45, 7) is 11.5. The van der Waals surface area contributed by atoms with Crippen LogP contribution in [-0.4, -0.2) is 52.2 Å². The molecule has 0 bridgehead atoms. The van der Waals surface area contributed by atoms with Crippen LogP contribution in [0.2, 0.25) is 0 Å². The molecule has 0 amide bonds. The maximum Gasteiger partial charge on any atom is 0.335 e. The summed E-state index contributed by atoms with van der Waals surface area (Å²) < 4.78 is 5.56. The number of pyridine rings is 1. The molecule has 1 saturated heterocycles. The van der Waals surface area contributed by atoms with E-state index in [0.717, 1.165) is 86.1 Å². The Morgan fingerprint density at radius 3 is 2.54 bits per heavy atom. The number of hydrogen-bond donors (Lipinski definition) is 1. The van der Waals surface area contributed by atoms with Crippen molar-refractivity contribution in [3.63, 3.8) is 0 Å². The lowest BCUT2D eigenvalue weighted by Gasteiger charge is -2.32. The third kappa shape index (κ3) is 5.79. The molecule has 2 aromatic heterocycles. The topological polar surface area (TPSA) is 75.5 Å². The third-order valence-corrected chi connectivity index (χ3v) is 9.60. The van der Waals surface area contributed by atoms with E-state index in [-0.39, 0.29) is 0 Å². The quantitative estimate of drug-likeness (QED) is 0.246. The van der Waals surface area contributed by atoms with Crippen LogP contribution in [0, 0.1) is 13.8 Å². The number of aromatic nitrogens is 2. The van der Waals surface area contributed by atoms with Crippen LogP contribution in [-0.2, 0) is 11.2 Å². The van der Waals surface area contributed by atoms with Crippen LogP contribution in [0.1, 0.15) is 70.2 Å². The van der Waals surface area contributed by atoms with Crippen LogP contribution in [0.15, 0.2) is 54.7 Å². The van der Waals surface area contributed by atoms with Gasteiger partial charge in [0.2, 0.25) is 0 Å². The first-order chi connectivity index (χ1) is 19.9. The second-order valence-corrected chi connectivity index (χ2v) is 12.5. The Hall–Kier alpha value is -3.55. The summed E-state index contributed by atoms with van der Waals surface area (Å²) in [7, 11) is 0. The zero-order valence-electron chi connectivity index (χ0n) is 23.9. The number of carboxylic acid groups (broad SMARTS) is 1. The van der Waals surface area contributed by atoms with Gasteiger partial charge in [-0.15, -0.1) is 11.3 Å². The van der Waals surface area contributed by atoms with E-state index in [4.69, 9.17) is 9.72 Å². The fourth-order valence-electron chi connectivity index (χ4n) is 6.46. The Balaban J connectivity index is 1.46. The van der Waals surface area contributed by atoms with Gasteiger partial charge in [0.1, 0.15) is 0 Å². The predicted molar refractivity (Wildman–Crippen MR) is 166 cm³/mol. The smallest absolute Gasteiger partial charge is 0.335 e. The molecule has 1 saturated carbocycles. The number of thiazole rings is 1. The number of morpholine rings is 1. The van der Waals surface area contributed by atoms with Crippen LogP contribution >= 0.6 is 11.3 Å². The molecule has 6 rings (SSSR count). The van der Waals surface area contributed by atoms with Crippen LogP contribution in [0.3, 0.4) is 0 Å². The van der Waals surface area contributed by atoms with Crippen molar-refractivity contribution in [2.24, 2.45) is 0 Å². The SMILES string of the molecule is C=C(Cc1cc(C(=O)O)cc(C2CCCCC2)c1-c1ccc2nc(-c3sc(C)nc3C)ccc2c1)N1CCOCC1. The molecule has 2 aromatic carbocycles. The van der Waals surface area contributed by atoms with Gasteiger partial charge in [-0.05, 0) is 85.2 Å². The van der Waals surface area contributed by atoms with Crippen molar-refractivity contribution in [2.75, 3.05) is 26.3 Å². The predicted octanol–water partition coefficient (Wildman–Crippen LogP) is 7.78. The minimum absolute atomic E-state index is 0.349. The molecule has 1 aliphatic carbocycles. The monoisotopic (exact) mass is 567 g/mol. The van der Waals surface area contributed by atoms with E-state index in [9.17, 15) is 9.90 Å². The number of aromatic carboxylic acids is 1. The Morgan fingerprint density at radius 1 is 1.05 bits per heavy atom. The Bertz CT molecular complexity index is 1610. The molecule has 0 radical (unpaired) electrons. The highest BCUT2D eigenvalue weighted by Crippen LogP contribution is 2.42. The number of nitrogens with zero attached hydrogens (tertiary/aromatic N) is 3. The fourth-order valence-corrected chi connectivity index (χ4v) is 7.35. The lowest BCUT2D eigenvalue weighted by Crippen LogP contribution is -2.35. The third-order valence-electron chi connectivity index (χ3n) is 8.51. The van der Waals surface area contributed by atoms with E-state index >= 15 is 0 Å². The molecule has 0 atom stereocenters. The number of fused-ring (bicyclic) bond motifs is 1. The molecular weight excluding hydrogens is 530 g/mol. The van der Waals surface area contributed by atoms with Crippen molar-refractivity contribution in [3.8, 4) is 21.7 Å². The average molecular weight is 568 g/mol. The van der Waals surface area contributed by atoms with Gasteiger partial charge in [0.15, 0.2) is 0 Å². The van der Waals surface area contributed by atoms with Crippen molar-refractivity contribution in [1.82, 2.24) is 14.9 Å². The van der Waals surface area contributed by atoms with Crippen molar-refractivity contribution in [1.29, 1.82) is 0 Å². The van der Waals surface area contributed by atoms with Crippen LogP contribution in [0.4, 0.5) is 0 Å². The number of carboxylic acids is 1. The normalized spacial score (nSPS) is 16.3. The molecule has 7 heteroatoms. The first kappa shape index (κ1) is 27.6. The van der Waals surface area contributed by atoms with Gasteiger partial charge in [-0.1, -0.05) is 38.0 Å². The molecule has 6 nitrogen and oxygen atoms in total. The van der Waals surface area contributed by atoms with E-state index < -0.39 is 5.97 Å². The van der Waals surface area contributed by atoms with Crippen molar-refractivity contribution in [3.05, 3.63) is 82.1 Å². The average Bonchev–Trinajstić information content (AvgIpc) is 3.34. The van der Waals surface area contributed by atoms with E-state index in [1.165, 1.54) is 19.3 Å². The minimum atomic E-state index is -0.879. The first-order valence-corrected chi connectivity index (χ1v) is 15.4. The number of hydrogen-bond acceptors (Lipinski definition) is 6. The number of allylic oxidation sites excluding steroid dienone is 1. The molecule has 1 N–H and O–H groups in total. The van der Waals surface area contributed by atoms with Gasteiger partial charge in [-0.3, -0.25) is 0 Å². The zero-order valence-corrected chi connectivity index (χ0v) is 24.7. The summed E-state index contributed by atoms with van der Waals surface area (Å²) in [5.74, 6) is -0.530. The van der Waals surface area contributed by atoms with E-state index in [1.54, 1.807) is 11.3 Å². The highest BCUT2D eigenvalue weighted by atomic mass is 32.1. The number of carbonyl (C=O) groups is 1. The molecule has 0 unspecified atom stereocenters. The molecule has 1 aliphatic heterocycles. The molecule has 2 fully saturated rings. The Kier molecular flexibility index (Phi) is 7.91. The molecule has 4 aromatic rings. The lowest BCUT2D eigenvalue weighted by atomic mass is 9.78. The van der Waals surface area contributed by atoms with Crippen LogP contribution in [0.5, 0.6) is 0 Å². The van der Waals surface area contributed by atoms with Crippen LogP contribution < -0.4 is 0 Å². The summed E-state index contributed by atoms with van der Waals surface area (Å²) >= 11 is 1.68. The van der Waals surface area contributed by atoms with Gasteiger partial charge >= 0.3 is 5.97 Å². The van der Waals surface area contributed by atoms with Gasteiger partial charge in [-0.2, -0.15) is 0 Å². The molecular formula is C34H37N3O3S. The van der Waals surface area contributed by atoms with Crippen molar-refractivity contribution < 1.29 is 14.6 Å². The number of rotatable bonds is 7. The fraction of sp³-hybridized carbons (Fsp3) is 0.382. The second kappa shape index (κ2) is 11.7. The zero-order chi connectivity index (χ0) is 28.5. The lowest BCUT2D eigenvalue weighted by molar-refractivity contribution is 0.0529. The van der Waals surface area contributed by atoms with E-state index in [0.29, 0.717) is 31.1 Å². The van der Waals surface area contributed by atoms with Gasteiger partial charge in [-0.25, -0.2) is 14.8 Å². The standard InChI is InChI=1S/C34H37N3O3S/c1-21(37-13-15-40-16-14-37)17-27-19-28(34(38)39)20-29(24-7-5-4-6-8-24)32(27)26-10-11-30-25(18-26)9-12-31(36-30)33-22(2)35-23(3)41-33/h9-12,18-20,24H,1,4-8,13-17H2,2-3H3,(H,38,39). The summed E-state index contributed by atoms with van der Waals surface area (Å²) in [5, 5.41) is 12.2. The van der Waals surface area contributed by atoms with Crippen LogP contribution in [0.25, 0.3) is 32.6 Å². The highest BCUT2D eigenvalue weighted by molar-refractivity contribution is 7.15.